The Balaban J connectivity index is 4.41. The van der Waals surface area contributed by atoms with Crippen molar-refractivity contribution in [3.8, 4) is 0 Å². The lowest BCUT2D eigenvalue weighted by Crippen LogP contribution is -2.40. The van der Waals surface area contributed by atoms with Crippen LogP contribution in [0.15, 0.2) is 0 Å². The molecule has 0 rings (SSSR count). The number of hydrogen-bond acceptors (Lipinski definition) is 1. The fourth-order valence-corrected chi connectivity index (χ4v) is 1.84. The van der Waals surface area contributed by atoms with E-state index in [0.29, 0.717) is 18.3 Å². The minimum absolute atomic E-state index is 0.237. The minimum atomic E-state index is 0.237. The van der Waals surface area contributed by atoms with Crippen LogP contribution in [-0.2, 0) is 4.79 Å². The molecule has 1 atom stereocenters. The molecule has 0 spiro atoms. The molecule has 0 aliphatic rings. The van der Waals surface area contributed by atoms with Gasteiger partial charge in [-0.2, -0.15) is 0 Å². The van der Waals surface area contributed by atoms with Gasteiger partial charge in [0, 0.05) is 20.0 Å². The summed E-state index contributed by atoms with van der Waals surface area (Å²) in [6.07, 6.45) is 1.78. The summed E-state index contributed by atoms with van der Waals surface area (Å²) in [7, 11) is 1.93. The summed E-state index contributed by atoms with van der Waals surface area (Å²) in [6.45, 7) is 14.0. The van der Waals surface area contributed by atoms with Crippen LogP contribution >= 0.6 is 0 Å². The van der Waals surface area contributed by atoms with Gasteiger partial charge < -0.3 is 4.90 Å². The first-order valence-corrected chi connectivity index (χ1v) is 6.47. The molecule has 0 bridgehead atoms. The molecule has 0 aromatic carbocycles. The van der Waals surface area contributed by atoms with Crippen LogP contribution in [0.3, 0.4) is 0 Å². The summed E-state index contributed by atoms with van der Waals surface area (Å²) in [6, 6.07) is 0. The van der Waals surface area contributed by atoms with E-state index in [1.165, 1.54) is 0 Å². The van der Waals surface area contributed by atoms with Crippen molar-refractivity contribution in [2.75, 3.05) is 13.6 Å². The van der Waals surface area contributed by atoms with Gasteiger partial charge >= 0.3 is 0 Å². The lowest BCUT2D eigenvalue weighted by molar-refractivity contribution is -0.132. The van der Waals surface area contributed by atoms with Gasteiger partial charge in [0.05, 0.1) is 0 Å². The molecule has 0 heterocycles. The first-order chi connectivity index (χ1) is 7.23. The van der Waals surface area contributed by atoms with Crippen LogP contribution in [0.1, 0.15) is 54.4 Å². The molecule has 0 aromatic rings. The van der Waals surface area contributed by atoms with Crippen molar-refractivity contribution in [3.63, 3.8) is 0 Å². The Morgan fingerprint density at radius 1 is 1.25 bits per heavy atom. The summed E-state index contributed by atoms with van der Waals surface area (Å²) in [5.41, 5.74) is 0.237. The van der Waals surface area contributed by atoms with E-state index in [-0.39, 0.29) is 11.3 Å². The van der Waals surface area contributed by atoms with Crippen molar-refractivity contribution in [2.45, 2.75) is 54.4 Å². The zero-order valence-electron chi connectivity index (χ0n) is 12.1. The van der Waals surface area contributed by atoms with E-state index < -0.39 is 0 Å². The first kappa shape index (κ1) is 15.5. The Bertz CT molecular complexity index is 223. The summed E-state index contributed by atoms with van der Waals surface area (Å²) in [5.74, 6) is 1.32. The van der Waals surface area contributed by atoms with E-state index in [1.807, 2.05) is 11.9 Å². The van der Waals surface area contributed by atoms with E-state index in [1.54, 1.807) is 0 Å². The Hall–Kier alpha value is -0.530. The number of rotatable bonds is 6. The third-order valence-electron chi connectivity index (χ3n) is 3.81. The number of carbonyl (C=O) groups excluding carboxylic acids is 1. The molecule has 2 heteroatoms. The van der Waals surface area contributed by atoms with E-state index >= 15 is 0 Å². The molecule has 0 N–H and O–H groups in total. The molecular weight excluding hydrogens is 198 g/mol. The van der Waals surface area contributed by atoms with Crippen LogP contribution in [0.5, 0.6) is 0 Å². The van der Waals surface area contributed by atoms with E-state index in [4.69, 9.17) is 0 Å². The van der Waals surface area contributed by atoms with Gasteiger partial charge in [-0.05, 0) is 23.7 Å². The van der Waals surface area contributed by atoms with Crippen LogP contribution in [0, 0.1) is 17.3 Å². The standard InChI is InChI=1S/C14H29NO/c1-8-14(6,12(4)5)10-15(7)13(16)9-11(2)3/h11-12H,8-10H2,1-7H3. The SMILES string of the molecule is CCC(C)(CN(C)C(=O)CC(C)C)C(C)C. The molecule has 1 amide bonds. The fraction of sp³-hybridized carbons (Fsp3) is 0.929. The van der Waals surface area contributed by atoms with Crippen LogP contribution < -0.4 is 0 Å². The third-order valence-corrected chi connectivity index (χ3v) is 3.81. The molecule has 0 saturated carbocycles. The van der Waals surface area contributed by atoms with Crippen molar-refractivity contribution >= 4 is 5.91 Å². The molecule has 0 aliphatic heterocycles. The van der Waals surface area contributed by atoms with Gasteiger partial charge in [0.1, 0.15) is 0 Å². The van der Waals surface area contributed by atoms with Crippen LogP contribution in [0.2, 0.25) is 0 Å². The summed E-state index contributed by atoms with van der Waals surface area (Å²) in [4.78, 5) is 13.8. The molecule has 0 saturated heterocycles. The second kappa shape index (κ2) is 6.27. The molecule has 16 heavy (non-hydrogen) atoms. The van der Waals surface area contributed by atoms with E-state index in [9.17, 15) is 4.79 Å². The second-order valence-electron chi connectivity index (χ2n) is 6.01. The Kier molecular flexibility index (Phi) is 6.06. The number of amides is 1. The summed E-state index contributed by atoms with van der Waals surface area (Å²) >= 11 is 0. The zero-order valence-corrected chi connectivity index (χ0v) is 12.1. The van der Waals surface area contributed by atoms with Gasteiger partial charge in [0.15, 0.2) is 0 Å². The van der Waals surface area contributed by atoms with Gasteiger partial charge in [-0.25, -0.2) is 0 Å². The maximum absolute atomic E-state index is 11.9. The molecule has 2 nitrogen and oxygen atoms in total. The minimum Gasteiger partial charge on any atom is -0.345 e. The fourth-order valence-electron chi connectivity index (χ4n) is 1.84. The smallest absolute Gasteiger partial charge is 0.222 e. The van der Waals surface area contributed by atoms with Crippen molar-refractivity contribution < 1.29 is 4.79 Å². The van der Waals surface area contributed by atoms with Gasteiger partial charge in [0.25, 0.3) is 0 Å². The zero-order chi connectivity index (χ0) is 12.9. The van der Waals surface area contributed by atoms with Crippen LogP contribution in [-0.4, -0.2) is 24.4 Å². The molecule has 0 aliphatic carbocycles. The van der Waals surface area contributed by atoms with Gasteiger partial charge in [0.2, 0.25) is 5.91 Å². The lowest BCUT2D eigenvalue weighted by Gasteiger charge is -2.36. The largest absolute Gasteiger partial charge is 0.345 e. The highest BCUT2D eigenvalue weighted by atomic mass is 16.2. The molecule has 96 valence electrons. The predicted octanol–water partition coefficient (Wildman–Crippen LogP) is 3.56. The number of carbonyl (C=O) groups is 1. The van der Waals surface area contributed by atoms with E-state index in [0.717, 1.165) is 13.0 Å². The lowest BCUT2D eigenvalue weighted by atomic mass is 9.76. The Morgan fingerprint density at radius 3 is 2.06 bits per heavy atom. The van der Waals surface area contributed by atoms with Crippen molar-refractivity contribution in [1.82, 2.24) is 4.90 Å². The molecule has 0 aromatic heterocycles. The highest BCUT2D eigenvalue weighted by molar-refractivity contribution is 5.76. The highest BCUT2D eigenvalue weighted by Crippen LogP contribution is 2.31. The van der Waals surface area contributed by atoms with Gasteiger partial charge in [-0.15, -0.1) is 0 Å². The normalized spacial score (nSPS) is 15.3. The van der Waals surface area contributed by atoms with E-state index in [2.05, 4.69) is 41.5 Å². The third kappa shape index (κ3) is 4.54. The van der Waals surface area contributed by atoms with Crippen LogP contribution in [0.25, 0.3) is 0 Å². The average molecular weight is 227 g/mol. The molecule has 0 radical (unpaired) electrons. The van der Waals surface area contributed by atoms with Crippen molar-refractivity contribution in [1.29, 1.82) is 0 Å². The number of nitrogens with zero attached hydrogens (tertiary/aromatic N) is 1. The summed E-state index contributed by atoms with van der Waals surface area (Å²) < 4.78 is 0. The second-order valence-corrected chi connectivity index (χ2v) is 6.01. The number of hydrogen-bond donors (Lipinski definition) is 0. The van der Waals surface area contributed by atoms with Crippen molar-refractivity contribution in [2.24, 2.45) is 17.3 Å². The Morgan fingerprint density at radius 2 is 1.75 bits per heavy atom. The van der Waals surface area contributed by atoms with Gasteiger partial charge in [-0.3, -0.25) is 4.79 Å². The molecular formula is C14H29NO. The first-order valence-electron chi connectivity index (χ1n) is 6.47. The highest BCUT2D eigenvalue weighted by Gasteiger charge is 2.29. The van der Waals surface area contributed by atoms with Crippen molar-refractivity contribution in [3.05, 3.63) is 0 Å². The quantitative estimate of drug-likeness (QED) is 0.679. The monoisotopic (exact) mass is 227 g/mol. The van der Waals surface area contributed by atoms with Gasteiger partial charge in [-0.1, -0.05) is 41.5 Å². The predicted molar refractivity (Wildman–Crippen MR) is 70.3 cm³/mol. The average Bonchev–Trinajstić information content (AvgIpc) is 2.16. The maximum Gasteiger partial charge on any atom is 0.222 e. The Labute approximate surface area is 101 Å². The summed E-state index contributed by atoms with van der Waals surface area (Å²) in [5, 5.41) is 0. The molecule has 1 unspecified atom stereocenters. The topological polar surface area (TPSA) is 20.3 Å². The maximum atomic E-state index is 11.9. The van der Waals surface area contributed by atoms with Crippen LogP contribution in [0.4, 0.5) is 0 Å². The molecule has 0 fully saturated rings.